The molecule has 0 saturated heterocycles. The molecule has 0 aromatic rings. The minimum absolute atomic E-state index is 0.0300. The molecule has 3 aliphatic carbocycles. The zero-order valence-electron chi connectivity index (χ0n) is 22.3. The van der Waals surface area contributed by atoms with Gasteiger partial charge in [-0.15, -0.1) is 0 Å². The quantitative estimate of drug-likeness (QED) is 0.213. The van der Waals surface area contributed by atoms with E-state index in [9.17, 15) is 4.39 Å². The van der Waals surface area contributed by atoms with Crippen LogP contribution in [0.2, 0.25) is 0 Å². The summed E-state index contributed by atoms with van der Waals surface area (Å²) in [6.07, 6.45) is 27.4. The lowest BCUT2D eigenvalue weighted by Crippen LogP contribution is -2.26. The van der Waals surface area contributed by atoms with E-state index in [-0.39, 0.29) is 5.92 Å². The van der Waals surface area contributed by atoms with Crippen LogP contribution in [0.5, 0.6) is 0 Å². The minimum atomic E-state index is -0.670. The lowest BCUT2D eigenvalue weighted by molar-refractivity contribution is 0.149. The van der Waals surface area contributed by atoms with Gasteiger partial charge in [-0.05, 0) is 81.5 Å². The highest BCUT2D eigenvalue weighted by Crippen LogP contribution is 2.42. The van der Waals surface area contributed by atoms with Crippen LogP contribution >= 0.6 is 0 Å². The van der Waals surface area contributed by atoms with Gasteiger partial charge in [-0.3, -0.25) is 0 Å². The average Bonchev–Trinajstić information content (AvgIpc) is 2.84. The van der Waals surface area contributed by atoms with Crippen LogP contribution in [0, 0.1) is 47.3 Å². The summed E-state index contributed by atoms with van der Waals surface area (Å²) in [6.45, 7) is 4.56. The Bertz CT molecular complexity index is 555. The highest BCUT2D eigenvalue weighted by Gasteiger charge is 2.31. The van der Waals surface area contributed by atoms with Crippen LogP contribution in [0.4, 0.5) is 4.39 Å². The predicted molar refractivity (Wildman–Crippen MR) is 142 cm³/mol. The number of rotatable bonds is 11. The van der Waals surface area contributed by atoms with Crippen molar-refractivity contribution in [2.45, 2.75) is 155 Å². The van der Waals surface area contributed by atoms with E-state index in [1.165, 1.54) is 122 Å². The van der Waals surface area contributed by atoms with E-state index in [2.05, 4.69) is 25.7 Å². The lowest BCUT2D eigenvalue weighted by atomic mass is 9.68. The van der Waals surface area contributed by atoms with Crippen LogP contribution in [0.25, 0.3) is 0 Å². The van der Waals surface area contributed by atoms with E-state index in [1.807, 2.05) is 0 Å². The predicted octanol–water partition coefficient (Wildman–Crippen LogP) is 10.3. The van der Waals surface area contributed by atoms with Crippen LogP contribution in [-0.2, 0) is 0 Å². The molecule has 3 fully saturated rings. The van der Waals surface area contributed by atoms with E-state index in [0.717, 1.165) is 30.6 Å². The molecule has 1 heteroatoms. The minimum Gasteiger partial charge on any atom is -0.246 e. The Morgan fingerprint density at radius 3 is 1.79 bits per heavy atom. The van der Waals surface area contributed by atoms with Crippen LogP contribution in [0.15, 0.2) is 0 Å². The SMILES string of the molecule is CCCCCCC[C@H]1CC[C@H](C2CCC(C#CC3CCC(CCCCC)CC3F)CC2)CC1. The van der Waals surface area contributed by atoms with Gasteiger partial charge in [0.2, 0.25) is 0 Å². The number of hydrogen-bond acceptors (Lipinski definition) is 0. The Hall–Kier alpha value is -0.510. The fourth-order valence-electron chi connectivity index (χ4n) is 7.25. The Balaban J connectivity index is 1.29. The largest absolute Gasteiger partial charge is 0.246 e. The molecule has 0 aromatic heterocycles. The molecule has 0 radical (unpaired) electrons. The van der Waals surface area contributed by atoms with Crippen LogP contribution in [-0.4, -0.2) is 6.17 Å². The topological polar surface area (TPSA) is 0 Å². The number of unbranched alkanes of at least 4 members (excludes halogenated alkanes) is 6. The Morgan fingerprint density at radius 2 is 1.12 bits per heavy atom. The van der Waals surface area contributed by atoms with E-state index in [0.29, 0.717) is 11.8 Å². The third kappa shape index (κ3) is 9.57. The van der Waals surface area contributed by atoms with E-state index >= 15 is 0 Å². The van der Waals surface area contributed by atoms with Gasteiger partial charge in [0, 0.05) is 5.92 Å². The maximum atomic E-state index is 14.7. The molecule has 0 heterocycles. The first-order valence-corrected chi connectivity index (χ1v) is 15.3. The Kier molecular flexibility index (Phi) is 12.7. The van der Waals surface area contributed by atoms with Crippen LogP contribution in [0.3, 0.4) is 0 Å². The molecule has 3 unspecified atom stereocenters. The van der Waals surface area contributed by atoms with E-state index in [4.69, 9.17) is 0 Å². The van der Waals surface area contributed by atoms with Gasteiger partial charge < -0.3 is 0 Å². The summed E-state index contributed by atoms with van der Waals surface area (Å²) >= 11 is 0. The molecule has 0 amide bonds. The molecule has 190 valence electrons. The normalized spacial score (nSPS) is 35.1. The van der Waals surface area contributed by atoms with Gasteiger partial charge in [-0.25, -0.2) is 4.39 Å². The second-order valence-electron chi connectivity index (χ2n) is 12.2. The monoisotopic (exact) mass is 458 g/mol. The fourth-order valence-corrected chi connectivity index (χ4v) is 7.25. The van der Waals surface area contributed by atoms with Crippen molar-refractivity contribution in [1.82, 2.24) is 0 Å². The zero-order valence-corrected chi connectivity index (χ0v) is 22.3. The second kappa shape index (κ2) is 15.5. The van der Waals surface area contributed by atoms with Crippen molar-refractivity contribution in [3.8, 4) is 11.8 Å². The standard InChI is InChI=1S/C32H55F/c1-3-5-7-8-10-11-26-13-19-29(20-14-26)30-21-15-27(16-22-30)17-23-31-24-18-28(25-32(31)33)12-9-6-4-2/h26-32H,3-16,18-22,24-25H2,1-2H3/t26-,27?,28?,29-,30?,31?,32?. The first-order valence-electron chi connectivity index (χ1n) is 15.3. The lowest BCUT2D eigenvalue weighted by Gasteiger charge is -2.37. The molecule has 0 spiro atoms. The maximum absolute atomic E-state index is 14.7. The van der Waals surface area contributed by atoms with Crippen molar-refractivity contribution in [3.63, 3.8) is 0 Å². The second-order valence-corrected chi connectivity index (χ2v) is 12.2. The summed E-state index contributed by atoms with van der Waals surface area (Å²) in [4.78, 5) is 0. The van der Waals surface area contributed by atoms with Gasteiger partial charge in [-0.2, -0.15) is 0 Å². The summed E-state index contributed by atoms with van der Waals surface area (Å²) in [5, 5.41) is 0. The van der Waals surface area contributed by atoms with Crippen molar-refractivity contribution in [2.24, 2.45) is 35.5 Å². The molecular weight excluding hydrogens is 403 g/mol. The molecule has 0 bridgehead atoms. The fraction of sp³-hybridized carbons (Fsp3) is 0.938. The molecule has 33 heavy (non-hydrogen) atoms. The zero-order chi connectivity index (χ0) is 23.3. The third-order valence-electron chi connectivity index (χ3n) is 9.62. The van der Waals surface area contributed by atoms with Gasteiger partial charge in [0.05, 0.1) is 5.92 Å². The smallest absolute Gasteiger partial charge is 0.114 e. The van der Waals surface area contributed by atoms with Crippen molar-refractivity contribution in [2.75, 3.05) is 0 Å². The molecule has 3 atom stereocenters. The van der Waals surface area contributed by atoms with Crippen molar-refractivity contribution in [3.05, 3.63) is 0 Å². The van der Waals surface area contributed by atoms with Crippen molar-refractivity contribution < 1.29 is 4.39 Å². The first-order chi connectivity index (χ1) is 16.2. The highest BCUT2D eigenvalue weighted by atomic mass is 19.1. The molecule has 3 saturated carbocycles. The number of hydrogen-bond donors (Lipinski definition) is 0. The number of halogens is 1. The molecule has 0 aromatic carbocycles. The van der Waals surface area contributed by atoms with Gasteiger partial charge in [0.25, 0.3) is 0 Å². The van der Waals surface area contributed by atoms with Gasteiger partial charge in [-0.1, -0.05) is 103 Å². The highest BCUT2D eigenvalue weighted by molar-refractivity contribution is 5.11. The van der Waals surface area contributed by atoms with E-state index < -0.39 is 6.17 Å². The third-order valence-corrected chi connectivity index (χ3v) is 9.62. The van der Waals surface area contributed by atoms with Gasteiger partial charge >= 0.3 is 0 Å². The summed E-state index contributed by atoms with van der Waals surface area (Å²) < 4.78 is 14.7. The molecule has 3 aliphatic rings. The summed E-state index contributed by atoms with van der Waals surface area (Å²) in [5.41, 5.74) is 0. The molecular formula is C32H55F. The molecule has 0 N–H and O–H groups in total. The van der Waals surface area contributed by atoms with Crippen LogP contribution < -0.4 is 0 Å². The molecule has 0 nitrogen and oxygen atoms in total. The molecule has 3 rings (SSSR count). The molecule has 0 aliphatic heterocycles. The van der Waals surface area contributed by atoms with Crippen molar-refractivity contribution >= 4 is 0 Å². The van der Waals surface area contributed by atoms with Gasteiger partial charge in [0.1, 0.15) is 6.17 Å². The summed E-state index contributed by atoms with van der Waals surface area (Å²) in [5.74, 6) is 11.2. The number of alkyl halides is 1. The Labute approximate surface area is 206 Å². The van der Waals surface area contributed by atoms with Crippen LogP contribution in [0.1, 0.15) is 149 Å². The average molecular weight is 459 g/mol. The summed E-state index contributed by atoms with van der Waals surface area (Å²) in [7, 11) is 0. The maximum Gasteiger partial charge on any atom is 0.114 e. The Morgan fingerprint density at radius 1 is 0.576 bits per heavy atom. The van der Waals surface area contributed by atoms with Crippen molar-refractivity contribution in [1.29, 1.82) is 0 Å². The summed E-state index contributed by atoms with van der Waals surface area (Å²) in [6, 6.07) is 0. The van der Waals surface area contributed by atoms with Gasteiger partial charge in [0.15, 0.2) is 0 Å². The van der Waals surface area contributed by atoms with E-state index in [1.54, 1.807) is 0 Å². The first kappa shape index (κ1) is 27.1.